The minimum Gasteiger partial charge on any atom is -0.497 e. The topological polar surface area (TPSA) is 118 Å². The van der Waals surface area contributed by atoms with Crippen molar-refractivity contribution in [1.82, 2.24) is 14.4 Å². The minimum atomic E-state index is -1.02. The molecule has 1 atom stereocenters. The summed E-state index contributed by atoms with van der Waals surface area (Å²) >= 11 is 0. The number of benzene rings is 3. The molecule has 1 aromatic heterocycles. The number of nitrogens with zero attached hydrogens (tertiary/aromatic N) is 4. The number of carboxylic acid groups (broad SMARTS) is 1. The first-order valence-electron chi connectivity index (χ1n) is 12.8. The zero-order chi connectivity index (χ0) is 28.2. The van der Waals surface area contributed by atoms with Crippen LogP contribution in [-0.4, -0.2) is 69.2 Å². The van der Waals surface area contributed by atoms with Crippen molar-refractivity contribution in [3.05, 3.63) is 112 Å². The molecule has 1 saturated heterocycles. The quantitative estimate of drug-likeness (QED) is 0.257. The van der Waals surface area contributed by atoms with E-state index in [2.05, 4.69) is 0 Å². The third kappa shape index (κ3) is 5.24. The Morgan fingerprint density at radius 1 is 1.00 bits per heavy atom. The van der Waals surface area contributed by atoms with Gasteiger partial charge in [0.2, 0.25) is 0 Å². The van der Waals surface area contributed by atoms with Gasteiger partial charge in [-0.25, -0.2) is 4.79 Å². The van der Waals surface area contributed by atoms with Crippen LogP contribution in [-0.2, 0) is 6.42 Å². The summed E-state index contributed by atoms with van der Waals surface area (Å²) in [7, 11) is 1.48. The molecule has 5 rings (SSSR count). The third-order valence-corrected chi connectivity index (χ3v) is 7.13. The lowest BCUT2D eigenvalue weighted by Crippen LogP contribution is -2.57. The standard InChI is InChI=1S/C30H28N4O6/c1-40-24-12-13-26(34(38)39)27(19-24)33-15-14-25(28(33)22-10-6-3-7-11-22)29(35)32-17-16-31(30(36)37)20-23(32)18-21-8-4-2-5-9-21/h2-15,19,23H,16-18,20H2,1H3,(H,36,37)/t23-/m1/s1. The molecule has 0 radical (unpaired) electrons. The number of hydrogen-bond acceptors (Lipinski definition) is 5. The maximum atomic E-state index is 14.2. The molecule has 40 heavy (non-hydrogen) atoms. The lowest BCUT2D eigenvalue weighted by molar-refractivity contribution is -0.384. The molecule has 4 aromatic rings. The van der Waals surface area contributed by atoms with Crippen LogP contribution < -0.4 is 4.74 Å². The van der Waals surface area contributed by atoms with Crippen molar-refractivity contribution in [3.63, 3.8) is 0 Å². The highest BCUT2D eigenvalue weighted by atomic mass is 16.6. The van der Waals surface area contributed by atoms with Gasteiger partial charge in [-0.15, -0.1) is 0 Å². The summed E-state index contributed by atoms with van der Waals surface area (Å²) in [5.74, 6) is 0.169. The SMILES string of the molecule is COc1ccc([N+](=O)[O-])c(-n2ccc(C(=O)N3CCN(C(=O)O)C[C@H]3Cc3ccccc3)c2-c2ccccc2)c1. The number of piperazine rings is 1. The van der Waals surface area contributed by atoms with Crippen LogP contribution in [0.15, 0.2) is 91.1 Å². The van der Waals surface area contributed by atoms with Crippen LogP contribution >= 0.6 is 0 Å². The average Bonchev–Trinajstić information content (AvgIpc) is 3.42. The fourth-order valence-electron chi connectivity index (χ4n) is 5.19. The number of carbonyl (C=O) groups excluding carboxylic acids is 1. The highest BCUT2D eigenvalue weighted by Gasteiger charge is 2.35. The number of rotatable bonds is 7. The second-order valence-electron chi connectivity index (χ2n) is 9.50. The maximum Gasteiger partial charge on any atom is 0.407 e. The molecule has 3 aromatic carbocycles. The Hall–Kier alpha value is -5.12. The molecule has 0 spiro atoms. The fourth-order valence-corrected chi connectivity index (χ4v) is 5.19. The number of ether oxygens (including phenoxy) is 1. The van der Waals surface area contributed by atoms with Gasteiger partial charge >= 0.3 is 6.09 Å². The van der Waals surface area contributed by atoms with Crippen LogP contribution in [0.5, 0.6) is 5.75 Å². The Morgan fingerprint density at radius 3 is 2.35 bits per heavy atom. The molecular weight excluding hydrogens is 512 g/mol. The van der Waals surface area contributed by atoms with E-state index in [4.69, 9.17) is 4.74 Å². The highest BCUT2D eigenvalue weighted by molar-refractivity contribution is 6.01. The van der Waals surface area contributed by atoms with Crippen LogP contribution in [0.3, 0.4) is 0 Å². The summed E-state index contributed by atoms with van der Waals surface area (Å²) in [4.78, 5) is 40.6. The maximum absolute atomic E-state index is 14.2. The van der Waals surface area contributed by atoms with E-state index in [1.54, 1.807) is 27.8 Å². The Labute approximate surface area is 230 Å². The predicted molar refractivity (Wildman–Crippen MR) is 149 cm³/mol. The van der Waals surface area contributed by atoms with E-state index in [1.807, 2.05) is 60.7 Å². The van der Waals surface area contributed by atoms with E-state index < -0.39 is 17.1 Å². The van der Waals surface area contributed by atoms with Crippen molar-refractivity contribution in [2.45, 2.75) is 12.5 Å². The van der Waals surface area contributed by atoms with E-state index in [1.165, 1.54) is 24.1 Å². The van der Waals surface area contributed by atoms with Gasteiger partial charge < -0.3 is 24.2 Å². The molecule has 2 amide bonds. The molecule has 1 N–H and O–H groups in total. The number of nitro groups is 1. The summed E-state index contributed by atoms with van der Waals surface area (Å²) < 4.78 is 6.98. The van der Waals surface area contributed by atoms with Crippen LogP contribution in [0.1, 0.15) is 15.9 Å². The number of methoxy groups -OCH3 is 1. The van der Waals surface area contributed by atoms with E-state index in [-0.39, 0.29) is 36.9 Å². The zero-order valence-electron chi connectivity index (χ0n) is 21.8. The number of hydrogen-bond donors (Lipinski definition) is 1. The van der Waals surface area contributed by atoms with Gasteiger partial charge in [-0.05, 0) is 29.7 Å². The Kier molecular flexibility index (Phi) is 7.50. The van der Waals surface area contributed by atoms with Gasteiger partial charge in [0.15, 0.2) is 0 Å². The van der Waals surface area contributed by atoms with Crippen molar-refractivity contribution in [2.24, 2.45) is 0 Å². The molecule has 2 heterocycles. The van der Waals surface area contributed by atoms with Gasteiger partial charge in [0.05, 0.1) is 29.3 Å². The first kappa shape index (κ1) is 26.5. The second-order valence-corrected chi connectivity index (χ2v) is 9.50. The smallest absolute Gasteiger partial charge is 0.407 e. The van der Waals surface area contributed by atoms with Gasteiger partial charge in [0.1, 0.15) is 11.4 Å². The van der Waals surface area contributed by atoms with Crippen LogP contribution in [0.25, 0.3) is 16.9 Å². The van der Waals surface area contributed by atoms with E-state index >= 15 is 0 Å². The zero-order valence-corrected chi connectivity index (χ0v) is 21.8. The molecular formula is C30H28N4O6. The van der Waals surface area contributed by atoms with E-state index in [0.29, 0.717) is 29.0 Å². The summed E-state index contributed by atoms with van der Waals surface area (Å²) in [5, 5.41) is 21.6. The van der Waals surface area contributed by atoms with Crippen molar-refractivity contribution >= 4 is 17.7 Å². The molecule has 0 aliphatic carbocycles. The molecule has 204 valence electrons. The fraction of sp³-hybridized carbons (Fsp3) is 0.200. The second kappa shape index (κ2) is 11.3. The number of aromatic nitrogens is 1. The molecule has 1 fully saturated rings. The van der Waals surface area contributed by atoms with Crippen molar-refractivity contribution in [2.75, 3.05) is 26.7 Å². The van der Waals surface area contributed by atoms with Crippen molar-refractivity contribution < 1.29 is 24.4 Å². The minimum absolute atomic E-state index is 0.135. The molecule has 10 nitrogen and oxygen atoms in total. The van der Waals surface area contributed by atoms with Crippen LogP contribution in [0.2, 0.25) is 0 Å². The largest absolute Gasteiger partial charge is 0.497 e. The predicted octanol–water partition coefficient (Wildman–Crippen LogP) is 5.11. The van der Waals surface area contributed by atoms with Crippen LogP contribution in [0, 0.1) is 10.1 Å². The number of amides is 2. The van der Waals surface area contributed by atoms with E-state index in [9.17, 15) is 24.8 Å². The molecule has 0 bridgehead atoms. The van der Waals surface area contributed by atoms with Gasteiger partial charge in [-0.2, -0.15) is 0 Å². The third-order valence-electron chi connectivity index (χ3n) is 7.13. The first-order valence-corrected chi connectivity index (χ1v) is 12.8. The molecule has 0 unspecified atom stereocenters. The van der Waals surface area contributed by atoms with Crippen LogP contribution in [0.4, 0.5) is 10.5 Å². The monoisotopic (exact) mass is 540 g/mol. The van der Waals surface area contributed by atoms with Gasteiger partial charge in [-0.1, -0.05) is 60.7 Å². The first-order chi connectivity index (χ1) is 19.4. The lowest BCUT2D eigenvalue weighted by Gasteiger charge is -2.40. The van der Waals surface area contributed by atoms with Gasteiger partial charge in [0.25, 0.3) is 11.6 Å². The lowest BCUT2D eigenvalue weighted by atomic mass is 10.00. The van der Waals surface area contributed by atoms with Gasteiger partial charge in [-0.3, -0.25) is 14.9 Å². The van der Waals surface area contributed by atoms with E-state index in [0.717, 1.165) is 5.56 Å². The average molecular weight is 541 g/mol. The highest BCUT2D eigenvalue weighted by Crippen LogP contribution is 2.35. The Balaban J connectivity index is 1.61. The Morgan fingerprint density at radius 2 is 1.70 bits per heavy atom. The van der Waals surface area contributed by atoms with Crippen molar-refractivity contribution in [1.29, 1.82) is 0 Å². The number of carbonyl (C=O) groups is 2. The summed E-state index contributed by atoms with van der Waals surface area (Å²) in [6.07, 6.45) is 1.11. The molecule has 0 saturated carbocycles. The number of nitro benzene ring substituents is 1. The molecule has 10 heteroatoms. The Bertz CT molecular complexity index is 1540. The molecule has 1 aliphatic rings. The summed E-state index contributed by atoms with van der Waals surface area (Å²) in [6.45, 7) is 0.592. The van der Waals surface area contributed by atoms with Gasteiger partial charge in [0, 0.05) is 38.0 Å². The normalized spacial score (nSPS) is 15.1. The van der Waals surface area contributed by atoms with Crippen molar-refractivity contribution in [3.8, 4) is 22.7 Å². The summed E-state index contributed by atoms with van der Waals surface area (Å²) in [5.41, 5.74) is 2.69. The molecule has 1 aliphatic heterocycles. The summed E-state index contributed by atoms with van der Waals surface area (Å²) in [6, 6.07) is 24.6.